The average Bonchev–Trinajstić information content (AvgIpc) is 3.06. The maximum absolute atomic E-state index is 13.7. The van der Waals surface area contributed by atoms with E-state index in [0.29, 0.717) is 41.9 Å². The molecule has 0 saturated heterocycles. The summed E-state index contributed by atoms with van der Waals surface area (Å²) in [6.45, 7) is 2.54. The van der Waals surface area contributed by atoms with Crippen LogP contribution in [0.15, 0.2) is 24.3 Å². The van der Waals surface area contributed by atoms with Crippen LogP contribution in [0, 0.1) is 17.7 Å². The minimum Gasteiger partial charge on any atom is -0.382 e. The Morgan fingerprint density at radius 1 is 1.21 bits per heavy atom. The van der Waals surface area contributed by atoms with Gasteiger partial charge in [0.05, 0.1) is 0 Å². The van der Waals surface area contributed by atoms with Crippen LogP contribution in [0.4, 0.5) is 10.2 Å². The van der Waals surface area contributed by atoms with Gasteiger partial charge in [-0.05, 0) is 50.7 Å². The normalized spacial score (nSPS) is 15.4. The van der Waals surface area contributed by atoms with Gasteiger partial charge in [-0.1, -0.05) is 24.5 Å². The Balaban J connectivity index is 0.00000240. The molecule has 3 aromatic rings. The molecule has 0 radical (unpaired) electrons. The molecule has 1 aliphatic rings. The lowest BCUT2D eigenvalue weighted by Crippen LogP contribution is -2.29. The number of aliphatic hydroxyl groups is 1. The third-order valence-electron chi connectivity index (χ3n) is 5.11. The van der Waals surface area contributed by atoms with Crippen LogP contribution in [0.25, 0.3) is 22.6 Å². The molecular weight excluding hydrogens is 393 g/mol. The Bertz CT molecular complexity index is 1100. The van der Waals surface area contributed by atoms with Gasteiger partial charge < -0.3 is 15.4 Å². The molecule has 0 spiro atoms. The van der Waals surface area contributed by atoms with Crippen LogP contribution < -0.4 is 5.73 Å². The number of aryl methyl sites for hydroxylation is 1. The summed E-state index contributed by atoms with van der Waals surface area (Å²) >= 11 is 0. The average molecular weight is 416 g/mol. The number of nitrogens with zero attached hydrogens (tertiary/aromatic N) is 4. The lowest BCUT2D eigenvalue weighted by Gasteiger charge is -2.26. The largest absolute Gasteiger partial charge is 0.382 e. The molecule has 0 aliphatic heterocycles. The van der Waals surface area contributed by atoms with E-state index in [4.69, 9.17) is 5.73 Å². The fraction of sp³-hybridized carbons (Fsp3) is 0.381. The number of aromatic nitrogens is 4. The van der Waals surface area contributed by atoms with Gasteiger partial charge >= 0.3 is 0 Å². The highest BCUT2D eigenvalue weighted by Crippen LogP contribution is 2.28. The van der Waals surface area contributed by atoms with Crippen LogP contribution in [0.3, 0.4) is 0 Å². The predicted octanol–water partition coefficient (Wildman–Crippen LogP) is 3.70. The van der Waals surface area contributed by atoms with Gasteiger partial charge in [-0.3, -0.25) is 0 Å². The fourth-order valence-corrected chi connectivity index (χ4v) is 3.66. The Kier molecular flexibility index (Phi) is 6.06. The first kappa shape index (κ1) is 21.0. The molecule has 1 aromatic carbocycles. The SMILES string of the molecule is CCn1c(-c2cccc(F)c2)nc2c(N)nc(C#CC3(O)CCCCC3)nc21.Cl. The molecule has 6 nitrogen and oxygen atoms in total. The van der Waals surface area contributed by atoms with E-state index in [2.05, 4.69) is 26.8 Å². The van der Waals surface area contributed by atoms with Gasteiger partial charge in [-0.2, -0.15) is 0 Å². The first-order valence-corrected chi connectivity index (χ1v) is 9.54. The zero-order valence-electron chi connectivity index (χ0n) is 16.2. The van der Waals surface area contributed by atoms with Crippen LogP contribution in [0.2, 0.25) is 0 Å². The highest BCUT2D eigenvalue weighted by molar-refractivity contribution is 5.86. The number of benzene rings is 1. The van der Waals surface area contributed by atoms with E-state index in [9.17, 15) is 9.50 Å². The second kappa shape index (κ2) is 8.36. The van der Waals surface area contributed by atoms with Crippen LogP contribution >= 0.6 is 12.4 Å². The van der Waals surface area contributed by atoms with Gasteiger partial charge in [-0.15, -0.1) is 12.4 Å². The summed E-state index contributed by atoms with van der Waals surface area (Å²) in [6, 6.07) is 6.25. The minimum atomic E-state index is -0.983. The summed E-state index contributed by atoms with van der Waals surface area (Å²) in [5, 5.41) is 10.6. The maximum atomic E-state index is 13.7. The first-order chi connectivity index (χ1) is 13.5. The number of nitrogen functional groups attached to an aromatic ring is 1. The van der Waals surface area contributed by atoms with Crippen molar-refractivity contribution in [3.63, 3.8) is 0 Å². The smallest absolute Gasteiger partial charge is 0.209 e. The van der Waals surface area contributed by atoms with Gasteiger partial charge in [0.25, 0.3) is 0 Å². The molecule has 8 heteroatoms. The standard InChI is InChI=1S/C21H22FN5O.ClH/c1-2-27-19(14-7-6-8-15(22)13-14)26-17-18(23)24-16(25-20(17)27)9-12-21(28)10-4-3-5-11-21;/h6-8,13,28H,2-5,10-11H2,1H3,(H2,23,24,25);1H. The molecule has 1 saturated carbocycles. The van der Waals surface area contributed by atoms with Crippen molar-refractivity contribution in [2.75, 3.05) is 5.73 Å². The molecule has 1 fully saturated rings. The van der Waals surface area contributed by atoms with Crippen LogP contribution in [-0.4, -0.2) is 30.2 Å². The zero-order chi connectivity index (χ0) is 19.7. The summed E-state index contributed by atoms with van der Waals surface area (Å²) in [5.41, 5.74) is 6.78. The molecule has 152 valence electrons. The Morgan fingerprint density at radius 2 is 1.97 bits per heavy atom. The van der Waals surface area contributed by atoms with E-state index >= 15 is 0 Å². The highest BCUT2D eigenvalue weighted by Gasteiger charge is 2.26. The minimum absolute atomic E-state index is 0. The molecule has 2 aromatic heterocycles. The molecule has 1 aliphatic carbocycles. The van der Waals surface area contributed by atoms with Gasteiger partial charge in [0.2, 0.25) is 5.82 Å². The Hall–Kier alpha value is -2.69. The third kappa shape index (κ3) is 4.19. The van der Waals surface area contributed by atoms with Gasteiger partial charge in [0.15, 0.2) is 17.0 Å². The summed E-state index contributed by atoms with van der Waals surface area (Å²) in [4.78, 5) is 13.3. The number of hydrogen-bond acceptors (Lipinski definition) is 5. The Morgan fingerprint density at radius 3 is 2.66 bits per heavy atom. The van der Waals surface area contributed by atoms with E-state index in [-0.39, 0.29) is 29.9 Å². The molecule has 0 bridgehead atoms. The number of rotatable bonds is 2. The van der Waals surface area contributed by atoms with Gasteiger partial charge in [0, 0.05) is 12.1 Å². The number of nitrogens with two attached hydrogens (primary N) is 1. The molecular formula is C21H23ClFN5O. The van der Waals surface area contributed by atoms with E-state index in [1.807, 2.05) is 11.5 Å². The lowest BCUT2D eigenvalue weighted by atomic mass is 9.85. The zero-order valence-corrected chi connectivity index (χ0v) is 17.0. The van der Waals surface area contributed by atoms with Crippen molar-refractivity contribution in [1.82, 2.24) is 19.5 Å². The lowest BCUT2D eigenvalue weighted by molar-refractivity contribution is 0.0610. The monoisotopic (exact) mass is 415 g/mol. The third-order valence-corrected chi connectivity index (χ3v) is 5.11. The van der Waals surface area contributed by atoms with Crippen molar-refractivity contribution in [3.8, 4) is 23.2 Å². The van der Waals surface area contributed by atoms with Crippen LogP contribution in [0.5, 0.6) is 0 Å². The quantitative estimate of drug-likeness (QED) is 0.623. The summed E-state index contributed by atoms with van der Waals surface area (Å²) < 4.78 is 15.5. The number of halogens is 2. The van der Waals surface area contributed by atoms with Gasteiger partial charge in [0.1, 0.15) is 17.2 Å². The first-order valence-electron chi connectivity index (χ1n) is 9.54. The number of fused-ring (bicyclic) bond motifs is 1. The van der Waals surface area contributed by atoms with Crippen molar-refractivity contribution >= 4 is 29.4 Å². The Labute approximate surface area is 174 Å². The van der Waals surface area contributed by atoms with Gasteiger partial charge in [-0.25, -0.2) is 19.3 Å². The summed E-state index contributed by atoms with van der Waals surface area (Å²) in [7, 11) is 0. The van der Waals surface area contributed by atoms with E-state index in [1.165, 1.54) is 12.1 Å². The van der Waals surface area contributed by atoms with Crippen molar-refractivity contribution in [3.05, 3.63) is 35.9 Å². The van der Waals surface area contributed by atoms with E-state index in [0.717, 1.165) is 19.3 Å². The van der Waals surface area contributed by atoms with Crippen LogP contribution in [0.1, 0.15) is 44.9 Å². The highest BCUT2D eigenvalue weighted by atomic mass is 35.5. The van der Waals surface area contributed by atoms with E-state index in [1.54, 1.807) is 12.1 Å². The molecule has 0 atom stereocenters. The maximum Gasteiger partial charge on any atom is 0.209 e. The molecule has 29 heavy (non-hydrogen) atoms. The second-order valence-electron chi connectivity index (χ2n) is 7.14. The topological polar surface area (TPSA) is 89.9 Å². The number of imidazole rings is 1. The fourth-order valence-electron chi connectivity index (χ4n) is 3.66. The summed E-state index contributed by atoms with van der Waals surface area (Å²) in [5.74, 6) is 6.54. The molecule has 4 rings (SSSR count). The molecule has 2 heterocycles. The molecule has 0 amide bonds. The number of hydrogen-bond donors (Lipinski definition) is 2. The number of anilines is 1. The van der Waals surface area contributed by atoms with Crippen molar-refractivity contribution < 1.29 is 9.50 Å². The van der Waals surface area contributed by atoms with Crippen molar-refractivity contribution in [2.45, 2.75) is 51.2 Å². The van der Waals surface area contributed by atoms with Crippen LogP contribution in [-0.2, 0) is 6.54 Å². The van der Waals surface area contributed by atoms with E-state index < -0.39 is 5.60 Å². The summed E-state index contributed by atoms with van der Waals surface area (Å²) in [6.07, 6.45) is 4.38. The molecule has 0 unspecified atom stereocenters. The second-order valence-corrected chi connectivity index (χ2v) is 7.14. The predicted molar refractivity (Wildman–Crippen MR) is 113 cm³/mol. The van der Waals surface area contributed by atoms with Crippen molar-refractivity contribution in [1.29, 1.82) is 0 Å². The molecule has 3 N–H and O–H groups in total. The van der Waals surface area contributed by atoms with Crippen molar-refractivity contribution in [2.24, 2.45) is 0 Å².